The first kappa shape index (κ1) is 19.6. The van der Waals surface area contributed by atoms with Crippen LogP contribution in [0.2, 0.25) is 0 Å². The Bertz CT molecular complexity index is 947. The fourth-order valence-electron chi connectivity index (χ4n) is 3.97. The van der Waals surface area contributed by atoms with Crippen molar-refractivity contribution in [3.63, 3.8) is 0 Å². The first-order chi connectivity index (χ1) is 14.1. The number of hydrogen-bond acceptors (Lipinski definition) is 5. The third kappa shape index (κ3) is 4.03. The van der Waals surface area contributed by atoms with Crippen molar-refractivity contribution in [1.29, 1.82) is 0 Å². The molecular formula is C21H24FN3O4. The SMILES string of the molecule is COc1ccc(-c2ccc(=O)n(C3CCN(C(=O)C4CCCO4)CC3)n2)cc1F. The summed E-state index contributed by atoms with van der Waals surface area (Å²) >= 11 is 0. The zero-order chi connectivity index (χ0) is 20.4. The van der Waals surface area contributed by atoms with E-state index < -0.39 is 5.82 Å². The summed E-state index contributed by atoms with van der Waals surface area (Å²) in [7, 11) is 1.41. The van der Waals surface area contributed by atoms with Gasteiger partial charge >= 0.3 is 0 Å². The minimum Gasteiger partial charge on any atom is -0.494 e. The van der Waals surface area contributed by atoms with Gasteiger partial charge in [-0.1, -0.05) is 0 Å². The van der Waals surface area contributed by atoms with E-state index in [1.165, 1.54) is 30.0 Å². The summed E-state index contributed by atoms with van der Waals surface area (Å²) in [6.07, 6.45) is 2.67. The number of hydrogen-bond donors (Lipinski definition) is 0. The summed E-state index contributed by atoms with van der Waals surface area (Å²) in [6, 6.07) is 7.54. The third-order valence-electron chi connectivity index (χ3n) is 5.60. The molecular weight excluding hydrogens is 377 g/mol. The average Bonchev–Trinajstić information content (AvgIpc) is 3.28. The van der Waals surface area contributed by atoms with Crippen molar-refractivity contribution in [2.45, 2.75) is 37.8 Å². The van der Waals surface area contributed by atoms with Crippen molar-refractivity contribution in [3.05, 3.63) is 46.5 Å². The molecule has 1 atom stereocenters. The van der Waals surface area contributed by atoms with Crippen molar-refractivity contribution in [1.82, 2.24) is 14.7 Å². The van der Waals surface area contributed by atoms with Crippen molar-refractivity contribution in [3.8, 4) is 17.0 Å². The monoisotopic (exact) mass is 401 g/mol. The van der Waals surface area contributed by atoms with Gasteiger partial charge in [-0.3, -0.25) is 9.59 Å². The number of carbonyl (C=O) groups excluding carboxylic acids is 1. The summed E-state index contributed by atoms with van der Waals surface area (Å²) in [6.45, 7) is 1.78. The molecule has 0 radical (unpaired) electrons. The van der Waals surface area contributed by atoms with Crippen LogP contribution in [0.25, 0.3) is 11.3 Å². The zero-order valence-electron chi connectivity index (χ0n) is 16.3. The molecule has 1 unspecified atom stereocenters. The second-order valence-electron chi connectivity index (χ2n) is 7.41. The second kappa shape index (κ2) is 8.32. The van der Waals surface area contributed by atoms with Crippen LogP contribution in [0.4, 0.5) is 4.39 Å². The Balaban J connectivity index is 1.49. The van der Waals surface area contributed by atoms with E-state index >= 15 is 0 Å². The van der Waals surface area contributed by atoms with Gasteiger partial charge in [0, 0.05) is 31.3 Å². The number of carbonyl (C=O) groups is 1. The van der Waals surface area contributed by atoms with Crippen LogP contribution in [0.5, 0.6) is 5.75 Å². The first-order valence-electron chi connectivity index (χ1n) is 9.91. The Morgan fingerprint density at radius 2 is 2.00 bits per heavy atom. The lowest BCUT2D eigenvalue weighted by atomic mass is 10.0. The Kier molecular flexibility index (Phi) is 5.62. The van der Waals surface area contributed by atoms with Gasteiger partial charge in [0.05, 0.1) is 18.8 Å². The smallest absolute Gasteiger partial charge is 0.267 e. The zero-order valence-corrected chi connectivity index (χ0v) is 16.3. The lowest BCUT2D eigenvalue weighted by molar-refractivity contribution is -0.142. The Labute approximate surface area is 168 Å². The van der Waals surface area contributed by atoms with Gasteiger partial charge in [-0.25, -0.2) is 9.07 Å². The molecule has 2 aliphatic rings. The highest BCUT2D eigenvalue weighted by Gasteiger charge is 2.31. The van der Waals surface area contributed by atoms with Crippen LogP contribution in [0.3, 0.4) is 0 Å². The summed E-state index contributed by atoms with van der Waals surface area (Å²) in [5.41, 5.74) is 0.888. The number of piperidine rings is 1. The number of rotatable bonds is 4. The molecule has 1 aromatic heterocycles. The van der Waals surface area contributed by atoms with E-state index in [0.29, 0.717) is 43.8 Å². The number of aromatic nitrogens is 2. The maximum atomic E-state index is 14.0. The molecule has 2 saturated heterocycles. The highest BCUT2D eigenvalue weighted by molar-refractivity contribution is 5.81. The number of halogens is 1. The van der Waals surface area contributed by atoms with Gasteiger partial charge in [-0.15, -0.1) is 0 Å². The van der Waals surface area contributed by atoms with E-state index in [1.54, 1.807) is 12.1 Å². The molecule has 0 bridgehead atoms. The Morgan fingerprint density at radius 1 is 1.21 bits per heavy atom. The second-order valence-corrected chi connectivity index (χ2v) is 7.41. The van der Waals surface area contributed by atoms with Gasteiger partial charge in [0.15, 0.2) is 11.6 Å². The van der Waals surface area contributed by atoms with Gasteiger partial charge in [0.1, 0.15) is 6.10 Å². The molecule has 29 heavy (non-hydrogen) atoms. The van der Waals surface area contributed by atoms with Gasteiger partial charge in [0.25, 0.3) is 11.5 Å². The third-order valence-corrected chi connectivity index (χ3v) is 5.60. The fourth-order valence-corrected chi connectivity index (χ4v) is 3.97. The lowest BCUT2D eigenvalue weighted by Crippen LogP contribution is -2.45. The average molecular weight is 401 g/mol. The maximum absolute atomic E-state index is 14.0. The van der Waals surface area contributed by atoms with Crippen LogP contribution in [-0.4, -0.2) is 53.5 Å². The quantitative estimate of drug-likeness (QED) is 0.787. The van der Waals surface area contributed by atoms with E-state index in [0.717, 1.165) is 12.8 Å². The van der Waals surface area contributed by atoms with E-state index in [2.05, 4.69) is 5.10 Å². The molecule has 3 heterocycles. The molecule has 1 aromatic carbocycles. The number of likely N-dealkylation sites (tertiary alicyclic amines) is 1. The van der Waals surface area contributed by atoms with Crippen LogP contribution in [0.15, 0.2) is 35.1 Å². The molecule has 0 N–H and O–H groups in total. The number of amides is 1. The highest BCUT2D eigenvalue weighted by atomic mass is 19.1. The summed E-state index contributed by atoms with van der Waals surface area (Å²) < 4.78 is 26.0. The normalized spacial score (nSPS) is 20.1. The minimum atomic E-state index is -0.481. The number of nitrogens with zero attached hydrogens (tertiary/aromatic N) is 3. The van der Waals surface area contributed by atoms with Crippen molar-refractivity contribution < 1.29 is 18.7 Å². The van der Waals surface area contributed by atoms with E-state index in [-0.39, 0.29) is 29.4 Å². The summed E-state index contributed by atoms with van der Waals surface area (Å²) in [5, 5.41) is 4.48. The molecule has 2 aromatic rings. The van der Waals surface area contributed by atoms with Crippen LogP contribution in [-0.2, 0) is 9.53 Å². The van der Waals surface area contributed by atoms with E-state index in [1.807, 2.05) is 4.90 Å². The largest absolute Gasteiger partial charge is 0.494 e. The van der Waals surface area contributed by atoms with Gasteiger partial charge in [-0.2, -0.15) is 5.10 Å². The maximum Gasteiger partial charge on any atom is 0.267 e. The van der Waals surface area contributed by atoms with E-state index in [9.17, 15) is 14.0 Å². The van der Waals surface area contributed by atoms with Gasteiger partial charge in [0.2, 0.25) is 0 Å². The number of benzene rings is 1. The molecule has 0 saturated carbocycles. The topological polar surface area (TPSA) is 73.7 Å². The molecule has 7 nitrogen and oxygen atoms in total. The lowest BCUT2D eigenvalue weighted by Gasteiger charge is -2.33. The summed E-state index contributed by atoms with van der Waals surface area (Å²) in [4.78, 5) is 26.7. The van der Waals surface area contributed by atoms with Crippen LogP contribution < -0.4 is 10.3 Å². The molecule has 154 valence electrons. The van der Waals surface area contributed by atoms with E-state index in [4.69, 9.17) is 9.47 Å². The first-order valence-corrected chi connectivity index (χ1v) is 9.91. The summed E-state index contributed by atoms with van der Waals surface area (Å²) in [5.74, 6) is -0.278. The van der Waals surface area contributed by atoms with Crippen LogP contribution in [0.1, 0.15) is 31.7 Å². The molecule has 0 aliphatic carbocycles. The fraction of sp³-hybridized carbons (Fsp3) is 0.476. The number of methoxy groups -OCH3 is 1. The molecule has 0 spiro atoms. The van der Waals surface area contributed by atoms with Gasteiger partial charge < -0.3 is 14.4 Å². The number of ether oxygens (including phenoxy) is 2. The molecule has 1 amide bonds. The van der Waals surface area contributed by atoms with Crippen molar-refractivity contribution >= 4 is 5.91 Å². The molecule has 8 heteroatoms. The molecule has 2 aliphatic heterocycles. The van der Waals surface area contributed by atoms with Crippen molar-refractivity contribution in [2.75, 3.05) is 26.8 Å². The van der Waals surface area contributed by atoms with Crippen LogP contribution >= 0.6 is 0 Å². The Morgan fingerprint density at radius 3 is 2.66 bits per heavy atom. The standard InChI is InChI=1S/C21H24FN3O4/c1-28-18-6-4-14(13-16(18)22)17-5-7-20(26)25(23-17)15-8-10-24(11-9-15)21(27)19-3-2-12-29-19/h4-7,13,15,19H,2-3,8-12H2,1H3. The predicted octanol–water partition coefficient (Wildman–Crippen LogP) is 2.40. The molecule has 2 fully saturated rings. The van der Waals surface area contributed by atoms with Crippen molar-refractivity contribution in [2.24, 2.45) is 0 Å². The van der Waals surface area contributed by atoms with Crippen LogP contribution in [0, 0.1) is 5.82 Å². The predicted molar refractivity (Wildman–Crippen MR) is 104 cm³/mol. The minimum absolute atomic E-state index is 0.0451. The Hall–Kier alpha value is -2.74. The van der Waals surface area contributed by atoms with Gasteiger partial charge in [-0.05, 0) is 49.9 Å². The molecule has 4 rings (SSSR count). The highest BCUT2D eigenvalue weighted by Crippen LogP contribution is 2.26.